The van der Waals surface area contributed by atoms with E-state index in [-0.39, 0.29) is 24.7 Å². The smallest absolute Gasteiger partial charge is 0.330 e. The van der Waals surface area contributed by atoms with E-state index < -0.39 is 17.8 Å². The number of nitrogens with one attached hydrogen (secondary N) is 1. The molecule has 0 aromatic heterocycles. The van der Waals surface area contributed by atoms with Crippen molar-refractivity contribution in [2.24, 2.45) is 0 Å². The molecule has 0 heterocycles. The quantitative estimate of drug-likeness (QED) is 0.210. The third-order valence-corrected chi connectivity index (χ3v) is 5.04. The molecule has 0 radical (unpaired) electrons. The predicted octanol–water partition coefficient (Wildman–Crippen LogP) is 3.53. The Bertz CT molecular complexity index is 926. The first-order chi connectivity index (χ1) is 16.6. The third kappa shape index (κ3) is 10.6. The molecule has 0 atom stereocenters. The molecule has 0 aliphatic rings. The maximum absolute atomic E-state index is 12.5. The number of amides is 2. The largest absolute Gasteiger partial charge is 0.463 e. The van der Waals surface area contributed by atoms with Crippen molar-refractivity contribution in [2.75, 3.05) is 19.8 Å². The number of carbonyl (C=O) groups is 4. The summed E-state index contributed by atoms with van der Waals surface area (Å²) >= 11 is 0. The lowest BCUT2D eigenvalue weighted by atomic mass is 9.96. The fourth-order valence-electron chi connectivity index (χ4n) is 3.64. The van der Waals surface area contributed by atoms with Crippen LogP contribution >= 0.6 is 0 Å². The van der Waals surface area contributed by atoms with Gasteiger partial charge in [0.15, 0.2) is 0 Å². The van der Waals surface area contributed by atoms with Gasteiger partial charge in [0.2, 0.25) is 0 Å². The SMILES string of the molecule is CCOC(=O)/C=C/c1cccc(/C=C/COC(C)=O)c1CCCNC(=O)C(=O)N(C(C)C)C(C)C. The average molecular weight is 487 g/mol. The summed E-state index contributed by atoms with van der Waals surface area (Å²) in [6.07, 6.45) is 7.83. The summed E-state index contributed by atoms with van der Waals surface area (Å²) in [5.74, 6) is -1.95. The second kappa shape index (κ2) is 15.5. The molecule has 192 valence electrons. The van der Waals surface area contributed by atoms with Crippen molar-refractivity contribution in [3.05, 3.63) is 47.0 Å². The molecule has 0 unspecified atom stereocenters. The number of nitrogens with zero attached hydrogens (tertiary/aromatic N) is 1. The standard InChI is InChI=1S/C27H38N2O6/c1-7-34-25(31)16-15-23-12-8-11-22(13-10-18-35-21(6)30)24(23)14-9-17-28-26(32)27(33)29(19(2)3)20(4)5/h8,10-13,15-16,19-20H,7,9,14,17-18H2,1-6H3,(H,28,32)/b13-10+,16-15+. The maximum atomic E-state index is 12.5. The van der Waals surface area contributed by atoms with E-state index in [0.717, 1.165) is 16.7 Å². The van der Waals surface area contributed by atoms with Gasteiger partial charge in [-0.3, -0.25) is 14.4 Å². The summed E-state index contributed by atoms with van der Waals surface area (Å²) < 4.78 is 9.92. The molecular formula is C27H38N2O6. The number of ether oxygens (including phenoxy) is 2. The highest BCUT2D eigenvalue weighted by Crippen LogP contribution is 2.20. The fourth-order valence-corrected chi connectivity index (χ4v) is 3.64. The summed E-state index contributed by atoms with van der Waals surface area (Å²) in [6, 6.07) is 5.53. The molecule has 1 aromatic carbocycles. The Morgan fingerprint density at radius 1 is 1.00 bits per heavy atom. The van der Waals surface area contributed by atoms with Crippen molar-refractivity contribution in [3.8, 4) is 0 Å². The van der Waals surface area contributed by atoms with Gasteiger partial charge in [0.25, 0.3) is 0 Å². The van der Waals surface area contributed by atoms with E-state index in [1.165, 1.54) is 13.0 Å². The molecular weight excluding hydrogens is 448 g/mol. The Morgan fingerprint density at radius 2 is 1.63 bits per heavy atom. The van der Waals surface area contributed by atoms with E-state index in [1.54, 1.807) is 24.0 Å². The van der Waals surface area contributed by atoms with Crippen LogP contribution in [0.25, 0.3) is 12.2 Å². The minimum Gasteiger partial charge on any atom is -0.463 e. The maximum Gasteiger partial charge on any atom is 0.330 e. The summed E-state index contributed by atoms with van der Waals surface area (Å²) in [4.78, 5) is 49.2. The number of hydrogen-bond acceptors (Lipinski definition) is 6. The summed E-state index contributed by atoms with van der Waals surface area (Å²) in [6.45, 7) is 11.4. The molecule has 1 rings (SSSR count). The van der Waals surface area contributed by atoms with Gasteiger partial charge in [-0.05, 0) is 76.3 Å². The first-order valence-corrected chi connectivity index (χ1v) is 12.0. The molecule has 0 saturated heterocycles. The van der Waals surface area contributed by atoms with Gasteiger partial charge < -0.3 is 19.7 Å². The van der Waals surface area contributed by atoms with Gasteiger partial charge in [-0.15, -0.1) is 0 Å². The van der Waals surface area contributed by atoms with Crippen molar-refractivity contribution in [1.82, 2.24) is 10.2 Å². The van der Waals surface area contributed by atoms with Gasteiger partial charge in [-0.1, -0.05) is 24.3 Å². The highest BCUT2D eigenvalue weighted by Gasteiger charge is 2.25. The Hall–Kier alpha value is -3.42. The van der Waals surface area contributed by atoms with Gasteiger partial charge in [0.1, 0.15) is 6.61 Å². The summed E-state index contributed by atoms with van der Waals surface area (Å²) in [5, 5.41) is 2.72. The van der Waals surface area contributed by atoms with Gasteiger partial charge in [-0.25, -0.2) is 4.79 Å². The van der Waals surface area contributed by atoms with Crippen LogP contribution in [0.2, 0.25) is 0 Å². The van der Waals surface area contributed by atoms with Crippen LogP contribution in [0.3, 0.4) is 0 Å². The number of hydrogen-bond donors (Lipinski definition) is 1. The predicted molar refractivity (Wildman–Crippen MR) is 136 cm³/mol. The molecule has 0 bridgehead atoms. The van der Waals surface area contributed by atoms with Crippen LogP contribution in [0.4, 0.5) is 0 Å². The topological polar surface area (TPSA) is 102 Å². The lowest BCUT2D eigenvalue weighted by Gasteiger charge is -2.29. The van der Waals surface area contributed by atoms with Gasteiger partial charge in [-0.2, -0.15) is 0 Å². The molecule has 8 heteroatoms. The molecule has 0 fully saturated rings. The summed E-state index contributed by atoms with van der Waals surface area (Å²) in [5.41, 5.74) is 2.69. The number of esters is 2. The van der Waals surface area contributed by atoms with Crippen molar-refractivity contribution in [3.63, 3.8) is 0 Å². The lowest BCUT2D eigenvalue weighted by molar-refractivity contribution is -0.148. The van der Waals surface area contributed by atoms with E-state index in [1.807, 2.05) is 52.0 Å². The van der Waals surface area contributed by atoms with Crippen LogP contribution in [0, 0.1) is 0 Å². The second-order valence-corrected chi connectivity index (χ2v) is 8.46. The Labute approximate surface area is 208 Å². The molecule has 1 aromatic rings. The fraction of sp³-hybridized carbons (Fsp3) is 0.481. The first kappa shape index (κ1) is 29.6. The minimum absolute atomic E-state index is 0.0763. The second-order valence-electron chi connectivity index (χ2n) is 8.46. The van der Waals surface area contributed by atoms with Crippen LogP contribution in [-0.2, 0) is 35.1 Å². The molecule has 35 heavy (non-hydrogen) atoms. The minimum atomic E-state index is -0.621. The van der Waals surface area contributed by atoms with Crippen LogP contribution in [-0.4, -0.2) is 60.5 Å². The zero-order chi connectivity index (χ0) is 26.4. The Balaban J connectivity index is 2.94. The highest BCUT2D eigenvalue weighted by atomic mass is 16.5. The Kier molecular flexibility index (Phi) is 13.1. The Morgan fingerprint density at radius 3 is 2.20 bits per heavy atom. The van der Waals surface area contributed by atoms with Gasteiger partial charge >= 0.3 is 23.8 Å². The van der Waals surface area contributed by atoms with Crippen LogP contribution < -0.4 is 5.32 Å². The van der Waals surface area contributed by atoms with Crippen LogP contribution in [0.1, 0.15) is 64.7 Å². The molecule has 0 aliphatic heterocycles. The average Bonchev–Trinajstić information content (AvgIpc) is 2.78. The zero-order valence-electron chi connectivity index (χ0n) is 21.6. The monoisotopic (exact) mass is 486 g/mol. The van der Waals surface area contributed by atoms with E-state index in [9.17, 15) is 19.2 Å². The van der Waals surface area contributed by atoms with Crippen molar-refractivity contribution in [2.45, 2.75) is 66.5 Å². The number of rotatable bonds is 12. The third-order valence-electron chi connectivity index (χ3n) is 5.04. The van der Waals surface area contributed by atoms with E-state index >= 15 is 0 Å². The first-order valence-electron chi connectivity index (χ1n) is 12.0. The van der Waals surface area contributed by atoms with E-state index in [0.29, 0.717) is 26.0 Å². The van der Waals surface area contributed by atoms with Crippen LogP contribution in [0.15, 0.2) is 30.4 Å². The van der Waals surface area contributed by atoms with Crippen LogP contribution in [0.5, 0.6) is 0 Å². The molecule has 0 saturated carbocycles. The van der Waals surface area contributed by atoms with Crippen molar-refractivity contribution >= 4 is 35.9 Å². The molecule has 2 amide bonds. The van der Waals surface area contributed by atoms with E-state index in [4.69, 9.17) is 9.47 Å². The van der Waals surface area contributed by atoms with Gasteiger partial charge in [0.05, 0.1) is 6.61 Å². The van der Waals surface area contributed by atoms with Crippen molar-refractivity contribution in [1.29, 1.82) is 0 Å². The highest BCUT2D eigenvalue weighted by molar-refractivity contribution is 6.35. The number of benzene rings is 1. The molecule has 0 aliphatic carbocycles. The molecule has 8 nitrogen and oxygen atoms in total. The normalized spacial score (nSPS) is 11.3. The van der Waals surface area contributed by atoms with Crippen molar-refractivity contribution < 1.29 is 28.7 Å². The lowest BCUT2D eigenvalue weighted by Crippen LogP contribution is -2.49. The summed E-state index contributed by atoms with van der Waals surface area (Å²) in [7, 11) is 0. The zero-order valence-corrected chi connectivity index (χ0v) is 21.6. The number of carbonyl (C=O) groups excluding carboxylic acids is 4. The molecule has 1 N–H and O–H groups in total. The van der Waals surface area contributed by atoms with E-state index in [2.05, 4.69) is 5.32 Å². The van der Waals surface area contributed by atoms with Gasteiger partial charge in [0, 0.05) is 31.6 Å². The molecule has 0 spiro atoms.